The standard InChI is InChI=1S/C29H30O2/c1-5-21-30-26-18-14-25(15-19-26)29(4,6-2)20-8-10-24-9-7-11-28(22-24)31-27-16-12-23(3)13-17-27/h2,5,7,9,11-19,22H,1,8,10,20-21H2,3-4H3. The molecule has 0 saturated heterocycles. The lowest BCUT2D eigenvalue weighted by atomic mass is 9.78. The van der Waals surface area contributed by atoms with Gasteiger partial charge in [0.1, 0.15) is 23.9 Å². The average Bonchev–Trinajstić information content (AvgIpc) is 2.80. The Morgan fingerprint density at radius 3 is 2.35 bits per heavy atom. The molecule has 1 unspecified atom stereocenters. The zero-order valence-electron chi connectivity index (χ0n) is 18.4. The second-order valence-corrected chi connectivity index (χ2v) is 8.02. The van der Waals surface area contributed by atoms with Gasteiger partial charge in [0.25, 0.3) is 0 Å². The number of aryl methyl sites for hydroxylation is 2. The van der Waals surface area contributed by atoms with E-state index in [0.717, 1.165) is 42.1 Å². The summed E-state index contributed by atoms with van der Waals surface area (Å²) < 4.78 is 11.6. The summed E-state index contributed by atoms with van der Waals surface area (Å²) >= 11 is 0. The Balaban J connectivity index is 1.59. The fourth-order valence-corrected chi connectivity index (χ4v) is 3.53. The summed E-state index contributed by atoms with van der Waals surface area (Å²) in [5.74, 6) is 5.55. The summed E-state index contributed by atoms with van der Waals surface area (Å²) in [7, 11) is 0. The fraction of sp³-hybridized carbons (Fsp3) is 0.241. The molecule has 0 N–H and O–H groups in total. The number of hydrogen-bond acceptors (Lipinski definition) is 2. The first kappa shape index (κ1) is 22.2. The molecule has 2 heteroatoms. The van der Waals surface area contributed by atoms with Crippen molar-refractivity contribution in [3.63, 3.8) is 0 Å². The van der Waals surface area contributed by atoms with E-state index >= 15 is 0 Å². The van der Waals surface area contributed by atoms with E-state index < -0.39 is 0 Å². The highest BCUT2D eigenvalue weighted by molar-refractivity contribution is 5.38. The van der Waals surface area contributed by atoms with Crippen LogP contribution < -0.4 is 9.47 Å². The normalized spacial score (nSPS) is 12.4. The van der Waals surface area contributed by atoms with E-state index in [1.165, 1.54) is 11.1 Å². The predicted octanol–water partition coefficient (Wildman–Crippen LogP) is 7.27. The molecule has 0 amide bonds. The van der Waals surface area contributed by atoms with E-state index in [-0.39, 0.29) is 5.41 Å². The quantitative estimate of drug-likeness (QED) is 0.258. The maximum Gasteiger partial charge on any atom is 0.127 e. The van der Waals surface area contributed by atoms with E-state index in [4.69, 9.17) is 15.9 Å². The SMILES string of the molecule is C#CC(C)(CCCc1cccc(Oc2ccc(C)cc2)c1)c1ccc(OCC=C)cc1. The van der Waals surface area contributed by atoms with Gasteiger partial charge < -0.3 is 9.47 Å². The van der Waals surface area contributed by atoms with E-state index in [0.29, 0.717) is 6.61 Å². The van der Waals surface area contributed by atoms with Crippen molar-refractivity contribution >= 4 is 0 Å². The van der Waals surface area contributed by atoms with Crippen molar-refractivity contribution in [3.05, 3.63) is 102 Å². The van der Waals surface area contributed by atoms with E-state index in [2.05, 4.69) is 62.7 Å². The van der Waals surface area contributed by atoms with Crippen molar-refractivity contribution in [1.29, 1.82) is 0 Å². The van der Waals surface area contributed by atoms with E-state index in [9.17, 15) is 0 Å². The molecule has 0 spiro atoms. The van der Waals surface area contributed by atoms with Crippen molar-refractivity contribution in [2.75, 3.05) is 6.61 Å². The first-order valence-electron chi connectivity index (χ1n) is 10.7. The van der Waals surface area contributed by atoms with Gasteiger partial charge in [-0.25, -0.2) is 0 Å². The van der Waals surface area contributed by atoms with Crippen LogP contribution in [-0.2, 0) is 11.8 Å². The van der Waals surface area contributed by atoms with Gasteiger partial charge in [0.15, 0.2) is 0 Å². The molecular formula is C29H30O2. The highest BCUT2D eigenvalue weighted by Crippen LogP contribution is 2.31. The maximum absolute atomic E-state index is 6.00. The minimum absolute atomic E-state index is 0.313. The molecule has 1 atom stereocenters. The van der Waals surface area contributed by atoms with Crippen LogP contribution in [0.3, 0.4) is 0 Å². The largest absolute Gasteiger partial charge is 0.490 e. The van der Waals surface area contributed by atoms with Gasteiger partial charge in [-0.2, -0.15) is 0 Å². The molecule has 3 aromatic rings. The molecule has 2 nitrogen and oxygen atoms in total. The summed E-state index contributed by atoms with van der Waals surface area (Å²) in [6.45, 7) is 8.37. The van der Waals surface area contributed by atoms with Gasteiger partial charge >= 0.3 is 0 Å². The average molecular weight is 411 g/mol. The lowest BCUT2D eigenvalue weighted by Crippen LogP contribution is -2.19. The molecule has 0 aliphatic heterocycles. The Morgan fingerprint density at radius 1 is 0.968 bits per heavy atom. The molecule has 31 heavy (non-hydrogen) atoms. The molecule has 0 aliphatic carbocycles. The van der Waals surface area contributed by atoms with Crippen LogP contribution in [0.5, 0.6) is 17.2 Å². The van der Waals surface area contributed by atoms with Crippen LogP contribution in [0.4, 0.5) is 0 Å². The minimum Gasteiger partial charge on any atom is -0.490 e. The molecule has 0 fully saturated rings. The zero-order chi connectivity index (χ0) is 22.1. The zero-order valence-corrected chi connectivity index (χ0v) is 18.4. The summed E-state index contributed by atoms with van der Waals surface area (Å²) in [5, 5.41) is 0. The number of benzene rings is 3. The van der Waals surface area contributed by atoms with Gasteiger partial charge in [0, 0.05) is 0 Å². The fourth-order valence-electron chi connectivity index (χ4n) is 3.53. The number of ether oxygens (including phenoxy) is 2. The first-order chi connectivity index (χ1) is 15.0. The van der Waals surface area contributed by atoms with Crippen molar-refractivity contribution in [2.24, 2.45) is 0 Å². The summed E-state index contributed by atoms with van der Waals surface area (Å²) in [5.41, 5.74) is 3.29. The molecular weight excluding hydrogens is 380 g/mol. The smallest absolute Gasteiger partial charge is 0.127 e. The predicted molar refractivity (Wildman–Crippen MR) is 129 cm³/mol. The third-order valence-electron chi connectivity index (χ3n) is 5.48. The second kappa shape index (κ2) is 10.5. The van der Waals surface area contributed by atoms with Crippen LogP contribution in [0, 0.1) is 19.3 Å². The van der Waals surface area contributed by atoms with Crippen LogP contribution in [-0.4, -0.2) is 6.61 Å². The lowest BCUT2D eigenvalue weighted by Gasteiger charge is -2.24. The Hall–Kier alpha value is -3.44. The molecule has 3 aromatic carbocycles. The monoisotopic (exact) mass is 410 g/mol. The second-order valence-electron chi connectivity index (χ2n) is 8.02. The highest BCUT2D eigenvalue weighted by Gasteiger charge is 2.23. The van der Waals surface area contributed by atoms with Crippen LogP contribution in [0.1, 0.15) is 36.5 Å². The molecule has 0 aliphatic rings. The van der Waals surface area contributed by atoms with Gasteiger partial charge in [0.2, 0.25) is 0 Å². The summed E-state index contributed by atoms with van der Waals surface area (Å²) in [6.07, 6.45) is 10.5. The third-order valence-corrected chi connectivity index (χ3v) is 5.48. The molecule has 0 radical (unpaired) electrons. The van der Waals surface area contributed by atoms with E-state index in [1.807, 2.05) is 36.4 Å². The van der Waals surface area contributed by atoms with Crippen LogP contribution in [0.25, 0.3) is 0 Å². The number of terminal acetylenes is 1. The molecule has 0 saturated carbocycles. The van der Waals surface area contributed by atoms with Crippen molar-refractivity contribution < 1.29 is 9.47 Å². The van der Waals surface area contributed by atoms with Gasteiger partial charge in [-0.05, 0) is 80.6 Å². The molecule has 158 valence electrons. The van der Waals surface area contributed by atoms with Crippen LogP contribution >= 0.6 is 0 Å². The Kier molecular flexibility index (Phi) is 7.57. The molecule has 0 bridgehead atoms. The lowest BCUT2D eigenvalue weighted by molar-refractivity contribution is 0.363. The first-order valence-corrected chi connectivity index (χ1v) is 10.7. The van der Waals surface area contributed by atoms with Gasteiger partial charge in [-0.15, -0.1) is 6.42 Å². The molecule has 0 heterocycles. The molecule has 0 aromatic heterocycles. The summed E-state index contributed by atoms with van der Waals surface area (Å²) in [4.78, 5) is 0. The Labute approximate surface area is 186 Å². The van der Waals surface area contributed by atoms with Crippen molar-refractivity contribution in [2.45, 2.75) is 38.5 Å². The van der Waals surface area contributed by atoms with Crippen molar-refractivity contribution in [1.82, 2.24) is 0 Å². The highest BCUT2D eigenvalue weighted by atomic mass is 16.5. The number of rotatable bonds is 10. The van der Waals surface area contributed by atoms with Crippen LogP contribution in [0.15, 0.2) is 85.5 Å². The van der Waals surface area contributed by atoms with Gasteiger partial charge in [-0.3, -0.25) is 0 Å². The number of hydrogen-bond donors (Lipinski definition) is 0. The molecule has 3 rings (SSSR count). The summed E-state index contributed by atoms with van der Waals surface area (Å²) in [6, 6.07) is 24.5. The van der Waals surface area contributed by atoms with Crippen LogP contribution in [0.2, 0.25) is 0 Å². The Bertz CT molecular complexity index is 1030. The van der Waals surface area contributed by atoms with Crippen molar-refractivity contribution in [3.8, 4) is 29.6 Å². The van der Waals surface area contributed by atoms with Gasteiger partial charge in [-0.1, -0.05) is 60.5 Å². The topological polar surface area (TPSA) is 18.5 Å². The minimum atomic E-state index is -0.313. The Morgan fingerprint density at radius 2 is 1.68 bits per heavy atom. The third kappa shape index (κ3) is 6.27. The van der Waals surface area contributed by atoms with E-state index in [1.54, 1.807) is 6.08 Å². The maximum atomic E-state index is 6.00. The van der Waals surface area contributed by atoms with Gasteiger partial charge in [0.05, 0.1) is 5.41 Å².